The molecule has 0 bridgehead atoms. The van der Waals surface area contributed by atoms with Gasteiger partial charge in [-0.15, -0.1) is 0 Å². The number of rotatable bonds is 6. The molecule has 1 aliphatic heterocycles. The number of nitrogens with zero attached hydrogens (tertiary/aromatic N) is 3. The number of aromatic amines is 1. The molecule has 2 aromatic rings. The van der Waals surface area contributed by atoms with Crippen LogP contribution in [-0.2, 0) is 9.53 Å². The maximum absolute atomic E-state index is 11.7. The molecule has 2 aromatic heterocycles. The largest absolute Gasteiger partial charge is 0.480 e. The van der Waals surface area contributed by atoms with Gasteiger partial charge >= 0.3 is 5.97 Å². The van der Waals surface area contributed by atoms with Gasteiger partial charge in [0.1, 0.15) is 18.2 Å². The van der Waals surface area contributed by atoms with E-state index in [1.165, 1.54) is 29.0 Å². The molecule has 12 heteroatoms. The molecular formula is C13H17N5O6S. The Balaban J connectivity index is 1.72. The van der Waals surface area contributed by atoms with Gasteiger partial charge in [-0.3, -0.25) is 14.2 Å². The van der Waals surface area contributed by atoms with Crippen molar-refractivity contribution in [1.29, 1.82) is 0 Å². The maximum atomic E-state index is 11.7. The van der Waals surface area contributed by atoms with Crippen molar-refractivity contribution in [2.24, 2.45) is 5.73 Å². The average molecular weight is 371 g/mol. The van der Waals surface area contributed by atoms with Crippen molar-refractivity contribution >= 4 is 28.9 Å². The zero-order chi connectivity index (χ0) is 18.1. The van der Waals surface area contributed by atoms with Crippen LogP contribution in [0.5, 0.6) is 0 Å². The molecule has 0 aliphatic carbocycles. The molecule has 3 unspecified atom stereocenters. The molecule has 3 rings (SSSR count). The summed E-state index contributed by atoms with van der Waals surface area (Å²) < 4.78 is 7.06. The SMILES string of the molecule is NC(CSC[C@H]1O[C@@H](n2cnc3c(=O)[nH]cnc32)C(O)C1O)C(=O)O. The highest BCUT2D eigenvalue weighted by molar-refractivity contribution is 7.99. The number of hydrogen-bond donors (Lipinski definition) is 5. The van der Waals surface area contributed by atoms with Crippen LogP contribution in [-0.4, -0.2) is 76.7 Å². The first-order chi connectivity index (χ1) is 11.9. The summed E-state index contributed by atoms with van der Waals surface area (Å²) in [5.74, 6) is -0.719. The van der Waals surface area contributed by atoms with E-state index in [0.717, 1.165) is 0 Å². The normalized spacial score (nSPS) is 27.6. The van der Waals surface area contributed by atoms with Gasteiger partial charge in [0, 0.05) is 11.5 Å². The minimum Gasteiger partial charge on any atom is -0.480 e. The van der Waals surface area contributed by atoms with E-state index in [2.05, 4.69) is 15.0 Å². The van der Waals surface area contributed by atoms with E-state index in [1.54, 1.807) is 0 Å². The molecule has 0 radical (unpaired) electrons. The number of carbonyl (C=O) groups is 1. The second kappa shape index (κ2) is 7.09. The van der Waals surface area contributed by atoms with Gasteiger partial charge in [-0.1, -0.05) is 0 Å². The molecule has 0 aromatic carbocycles. The van der Waals surface area contributed by atoms with Crippen LogP contribution in [0, 0.1) is 0 Å². The number of nitrogens with one attached hydrogen (secondary N) is 1. The zero-order valence-corrected chi connectivity index (χ0v) is 13.7. The molecule has 0 saturated carbocycles. The van der Waals surface area contributed by atoms with Crippen LogP contribution in [0.3, 0.4) is 0 Å². The molecule has 0 spiro atoms. The number of carboxylic acid groups (broad SMARTS) is 1. The predicted octanol–water partition coefficient (Wildman–Crippen LogP) is -2.12. The summed E-state index contributed by atoms with van der Waals surface area (Å²) in [6.45, 7) is 0. The Hall–Kier alpha value is -1.99. The molecule has 25 heavy (non-hydrogen) atoms. The quantitative estimate of drug-likeness (QED) is 0.377. The van der Waals surface area contributed by atoms with Crippen molar-refractivity contribution in [3.63, 3.8) is 0 Å². The molecule has 1 saturated heterocycles. The molecule has 5 atom stereocenters. The number of thioether (sulfide) groups is 1. The summed E-state index contributed by atoms with van der Waals surface area (Å²) >= 11 is 1.20. The summed E-state index contributed by atoms with van der Waals surface area (Å²) in [6, 6.07) is -1.02. The first-order valence-corrected chi connectivity index (χ1v) is 8.53. The van der Waals surface area contributed by atoms with Crippen molar-refractivity contribution in [1.82, 2.24) is 19.5 Å². The third-order valence-electron chi connectivity index (χ3n) is 3.87. The van der Waals surface area contributed by atoms with E-state index in [1.807, 2.05) is 0 Å². The molecule has 1 fully saturated rings. The highest BCUT2D eigenvalue weighted by atomic mass is 32.2. The smallest absolute Gasteiger partial charge is 0.321 e. The van der Waals surface area contributed by atoms with Gasteiger partial charge in [-0.2, -0.15) is 11.8 Å². The third kappa shape index (κ3) is 3.39. The average Bonchev–Trinajstić information content (AvgIpc) is 3.12. The van der Waals surface area contributed by atoms with Gasteiger partial charge in [-0.05, 0) is 0 Å². The van der Waals surface area contributed by atoms with E-state index in [0.29, 0.717) is 0 Å². The Bertz CT molecular complexity index is 825. The lowest BCUT2D eigenvalue weighted by atomic mass is 10.1. The van der Waals surface area contributed by atoms with E-state index in [-0.39, 0.29) is 22.7 Å². The van der Waals surface area contributed by atoms with Gasteiger partial charge < -0.3 is 30.8 Å². The van der Waals surface area contributed by atoms with Crippen LogP contribution in [0.15, 0.2) is 17.4 Å². The van der Waals surface area contributed by atoms with E-state index < -0.39 is 42.1 Å². The number of aromatic nitrogens is 4. The van der Waals surface area contributed by atoms with Gasteiger partial charge in [0.15, 0.2) is 17.4 Å². The number of fused-ring (bicyclic) bond motifs is 1. The molecular weight excluding hydrogens is 354 g/mol. The molecule has 11 nitrogen and oxygen atoms in total. The van der Waals surface area contributed by atoms with Crippen LogP contribution >= 0.6 is 11.8 Å². The Labute approximate surface area is 144 Å². The van der Waals surface area contributed by atoms with Crippen LogP contribution in [0.4, 0.5) is 0 Å². The number of nitrogens with two attached hydrogens (primary N) is 1. The first kappa shape index (κ1) is 17.8. The number of imidazole rings is 1. The fourth-order valence-corrected chi connectivity index (χ4v) is 3.57. The summed E-state index contributed by atoms with van der Waals surface area (Å²) in [7, 11) is 0. The predicted molar refractivity (Wildman–Crippen MR) is 87.0 cm³/mol. The Kier molecular flexibility index (Phi) is 5.06. The molecule has 6 N–H and O–H groups in total. The fourth-order valence-electron chi connectivity index (χ4n) is 2.53. The van der Waals surface area contributed by atoms with Crippen LogP contribution in [0.2, 0.25) is 0 Å². The van der Waals surface area contributed by atoms with Crippen molar-refractivity contribution in [3.8, 4) is 0 Å². The standard InChI is InChI=1S/C13H17N5O6S/c14-5(13(22)23)1-25-2-6-8(19)9(20)12(24-6)18-4-17-7-10(18)15-3-16-11(7)21/h3-6,8-9,12,19-20H,1-2,14H2,(H,22,23)(H,15,16,21)/t5?,6-,8?,9?,12-/m1/s1. The zero-order valence-electron chi connectivity index (χ0n) is 12.8. The number of ether oxygens (including phenoxy) is 1. The molecule has 3 heterocycles. The van der Waals surface area contributed by atoms with Gasteiger partial charge in [0.25, 0.3) is 5.56 Å². The van der Waals surface area contributed by atoms with Gasteiger partial charge in [0.05, 0.1) is 18.8 Å². The van der Waals surface area contributed by atoms with Crippen LogP contribution in [0.25, 0.3) is 11.2 Å². The number of aliphatic hydroxyl groups is 2. The Morgan fingerprint density at radius 3 is 2.92 bits per heavy atom. The number of hydrogen-bond acceptors (Lipinski definition) is 9. The highest BCUT2D eigenvalue weighted by Crippen LogP contribution is 2.32. The third-order valence-corrected chi connectivity index (χ3v) is 5.03. The van der Waals surface area contributed by atoms with Crippen LogP contribution in [0.1, 0.15) is 6.23 Å². The summed E-state index contributed by atoms with van der Waals surface area (Å²) in [5.41, 5.74) is 5.31. The monoisotopic (exact) mass is 371 g/mol. The van der Waals surface area contributed by atoms with Crippen molar-refractivity contribution in [2.75, 3.05) is 11.5 Å². The Morgan fingerprint density at radius 2 is 2.20 bits per heavy atom. The Morgan fingerprint density at radius 1 is 1.44 bits per heavy atom. The minimum absolute atomic E-state index is 0.0954. The van der Waals surface area contributed by atoms with Crippen molar-refractivity contribution in [2.45, 2.75) is 30.6 Å². The van der Waals surface area contributed by atoms with Crippen LogP contribution < -0.4 is 11.3 Å². The lowest BCUT2D eigenvalue weighted by molar-refractivity contribution is -0.137. The number of H-pyrrole nitrogens is 1. The van der Waals surface area contributed by atoms with E-state index in [4.69, 9.17) is 15.6 Å². The molecule has 136 valence electrons. The second-order valence-corrected chi connectivity index (χ2v) is 6.66. The highest BCUT2D eigenvalue weighted by Gasteiger charge is 2.44. The molecule has 0 amide bonds. The topological polar surface area (TPSA) is 177 Å². The number of aliphatic hydroxyl groups excluding tert-OH is 2. The van der Waals surface area contributed by atoms with Gasteiger partial charge in [0.2, 0.25) is 0 Å². The lowest BCUT2D eigenvalue weighted by Gasteiger charge is -2.16. The van der Waals surface area contributed by atoms with E-state index in [9.17, 15) is 19.8 Å². The lowest BCUT2D eigenvalue weighted by Crippen LogP contribution is -2.35. The summed E-state index contributed by atoms with van der Waals surface area (Å²) in [6.07, 6.45) is -1.61. The second-order valence-electron chi connectivity index (χ2n) is 5.58. The fraction of sp³-hybridized carbons (Fsp3) is 0.538. The summed E-state index contributed by atoms with van der Waals surface area (Å²) in [5, 5.41) is 29.2. The van der Waals surface area contributed by atoms with Gasteiger partial charge in [-0.25, -0.2) is 9.97 Å². The summed E-state index contributed by atoms with van der Waals surface area (Å²) in [4.78, 5) is 32.8. The van der Waals surface area contributed by atoms with Crippen molar-refractivity contribution < 1.29 is 24.9 Å². The minimum atomic E-state index is -1.25. The number of aliphatic carboxylic acids is 1. The molecule has 1 aliphatic rings. The van der Waals surface area contributed by atoms with Crippen molar-refractivity contribution in [3.05, 3.63) is 23.0 Å². The van der Waals surface area contributed by atoms with E-state index >= 15 is 0 Å². The maximum Gasteiger partial charge on any atom is 0.321 e. The first-order valence-electron chi connectivity index (χ1n) is 7.38. The number of carboxylic acids is 1.